The number of fused-ring (bicyclic) bond motifs is 3. The summed E-state index contributed by atoms with van der Waals surface area (Å²) in [7, 11) is 1.95. The zero-order valence-corrected chi connectivity index (χ0v) is 23.9. The van der Waals surface area contributed by atoms with Crippen molar-refractivity contribution >= 4 is 45.5 Å². The molecule has 0 radical (unpaired) electrons. The first kappa shape index (κ1) is 26.3. The summed E-state index contributed by atoms with van der Waals surface area (Å²) in [6, 6.07) is 4.46. The van der Waals surface area contributed by atoms with Crippen molar-refractivity contribution in [2.75, 3.05) is 18.4 Å². The van der Waals surface area contributed by atoms with Crippen molar-refractivity contribution in [2.45, 2.75) is 78.6 Å². The number of carbonyl (C=O) groups excluding carboxylic acids is 2. The maximum absolute atomic E-state index is 13.8. The lowest BCUT2D eigenvalue weighted by molar-refractivity contribution is 0.0718. The standard InChI is InChI=1S/C28H38N10O2/c1-6-35(7-2)33-27(39)20-15-22(32-37(20)9-4)30-25-23-24(34(5)16-29-23)19-14-21(36(8-3)26(19)31-25)28(40)38(17-10-11-17)18-12-13-18/h14-18H,6-13H2,1-5H3,(H,33,39)(H,30,31,32). The first-order chi connectivity index (χ1) is 19.4. The molecule has 2 amide bonds. The molecule has 2 saturated carbocycles. The highest BCUT2D eigenvalue weighted by Gasteiger charge is 2.43. The van der Waals surface area contributed by atoms with Gasteiger partial charge in [-0.25, -0.2) is 15.0 Å². The number of anilines is 2. The van der Waals surface area contributed by atoms with E-state index in [0.717, 1.165) is 42.2 Å². The van der Waals surface area contributed by atoms with Crippen LogP contribution in [0.3, 0.4) is 0 Å². The molecule has 0 aliphatic heterocycles. The van der Waals surface area contributed by atoms with Crippen LogP contribution in [0.5, 0.6) is 0 Å². The van der Waals surface area contributed by atoms with Crippen LogP contribution < -0.4 is 10.7 Å². The van der Waals surface area contributed by atoms with E-state index >= 15 is 0 Å². The van der Waals surface area contributed by atoms with Gasteiger partial charge in [-0.1, -0.05) is 13.8 Å². The number of nitrogens with zero attached hydrogens (tertiary/aromatic N) is 8. The van der Waals surface area contributed by atoms with Gasteiger partial charge in [0.05, 0.1) is 11.8 Å². The summed E-state index contributed by atoms with van der Waals surface area (Å²) in [5.41, 5.74) is 6.38. The molecule has 2 N–H and O–H groups in total. The molecule has 4 aromatic heterocycles. The number of aromatic nitrogens is 6. The second kappa shape index (κ2) is 10.2. The number of carbonyl (C=O) groups is 2. The van der Waals surface area contributed by atoms with Crippen LogP contribution in [-0.2, 0) is 20.1 Å². The Balaban J connectivity index is 1.40. The van der Waals surface area contributed by atoms with Gasteiger partial charge in [-0.05, 0) is 45.6 Å². The smallest absolute Gasteiger partial charge is 0.283 e. The lowest BCUT2D eigenvalue weighted by Crippen LogP contribution is -2.42. The van der Waals surface area contributed by atoms with Gasteiger partial charge in [0.1, 0.15) is 22.6 Å². The van der Waals surface area contributed by atoms with Gasteiger partial charge in [0.15, 0.2) is 11.6 Å². The number of aryl methyl sites for hydroxylation is 3. The summed E-state index contributed by atoms with van der Waals surface area (Å²) in [4.78, 5) is 38.6. The number of pyridine rings is 1. The third-order valence-electron chi connectivity index (χ3n) is 7.93. The van der Waals surface area contributed by atoms with E-state index in [1.165, 1.54) is 0 Å². The summed E-state index contributed by atoms with van der Waals surface area (Å²) in [6.07, 6.45) is 6.12. The lowest BCUT2D eigenvalue weighted by Gasteiger charge is -2.22. The molecule has 212 valence electrons. The Bertz CT molecular complexity index is 1570. The molecule has 4 aromatic rings. The second-order valence-electron chi connectivity index (χ2n) is 10.7. The van der Waals surface area contributed by atoms with Crippen molar-refractivity contribution in [2.24, 2.45) is 7.05 Å². The van der Waals surface area contributed by atoms with E-state index in [1.807, 2.05) is 55.0 Å². The van der Waals surface area contributed by atoms with Gasteiger partial charge in [0, 0.05) is 56.8 Å². The van der Waals surface area contributed by atoms with Crippen LogP contribution in [0.1, 0.15) is 74.4 Å². The van der Waals surface area contributed by atoms with Gasteiger partial charge in [-0.3, -0.25) is 19.7 Å². The molecule has 0 unspecified atom stereocenters. The van der Waals surface area contributed by atoms with Crippen molar-refractivity contribution in [1.29, 1.82) is 0 Å². The number of hydrogen-bond acceptors (Lipinski definition) is 7. The van der Waals surface area contributed by atoms with E-state index in [1.54, 1.807) is 17.1 Å². The van der Waals surface area contributed by atoms with Crippen LogP contribution >= 0.6 is 0 Å². The fraction of sp³-hybridized carbons (Fsp3) is 0.536. The van der Waals surface area contributed by atoms with Crippen LogP contribution in [0.15, 0.2) is 18.5 Å². The molecule has 0 aromatic carbocycles. The topological polar surface area (TPSA) is 118 Å². The zero-order valence-electron chi connectivity index (χ0n) is 23.9. The summed E-state index contributed by atoms with van der Waals surface area (Å²) in [6.45, 7) is 10.5. The molecule has 6 rings (SSSR count). The number of hydrazine groups is 1. The number of imidazole rings is 1. The molecule has 0 spiro atoms. The zero-order chi connectivity index (χ0) is 28.1. The van der Waals surface area contributed by atoms with Gasteiger partial charge in [0.25, 0.3) is 11.8 Å². The van der Waals surface area contributed by atoms with Crippen molar-refractivity contribution in [3.8, 4) is 0 Å². The van der Waals surface area contributed by atoms with E-state index in [2.05, 4.69) is 25.7 Å². The van der Waals surface area contributed by atoms with Crippen LogP contribution in [0.25, 0.3) is 22.1 Å². The molecule has 2 aliphatic carbocycles. The third kappa shape index (κ3) is 4.49. The average molecular weight is 547 g/mol. The molecule has 0 bridgehead atoms. The summed E-state index contributed by atoms with van der Waals surface area (Å²) in [5.74, 6) is 0.925. The van der Waals surface area contributed by atoms with Crippen LogP contribution in [0.2, 0.25) is 0 Å². The quantitative estimate of drug-likeness (QED) is 0.276. The molecule has 2 aliphatic rings. The number of amides is 2. The third-order valence-corrected chi connectivity index (χ3v) is 7.93. The second-order valence-corrected chi connectivity index (χ2v) is 10.7. The fourth-order valence-corrected chi connectivity index (χ4v) is 5.57. The Hall–Kier alpha value is -3.93. The molecule has 12 nitrogen and oxygen atoms in total. The molecule has 12 heteroatoms. The number of nitrogens with one attached hydrogen (secondary N) is 2. The summed E-state index contributed by atoms with van der Waals surface area (Å²) >= 11 is 0. The Morgan fingerprint density at radius 1 is 1.00 bits per heavy atom. The van der Waals surface area contributed by atoms with E-state index in [4.69, 9.17) is 4.98 Å². The van der Waals surface area contributed by atoms with Gasteiger partial charge in [-0.15, -0.1) is 0 Å². The van der Waals surface area contributed by atoms with Gasteiger partial charge in [0.2, 0.25) is 0 Å². The van der Waals surface area contributed by atoms with Crippen molar-refractivity contribution in [3.05, 3.63) is 29.8 Å². The monoisotopic (exact) mass is 546 g/mol. The first-order valence-electron chi connectivity index (χ1n) is 14.5. The van der Waals surface area contributed by atoms with Crippen molar-refractivity contribution in [3.63, 3.8) is 0 Å². The van der Waals surface area contributed by atoms with Crippen LogP contribution in [0.4, 0.5) is 11.6 Å². The van der Waals surface area contributed by atoms with Gasteiger partial charge < -0.3 is 19.4 Å². The summed E-state index contributed by atoms with van der Waals surface area (Å²) < 4.78 is 5.65. The van der Waals surface area contributed by atoms with Crippen molar-refractivity contribution in [1.82, 2.24) is 44.2 Å². The highest BCUT2D eigenvalue weighted by atomic mass is 16.2. The normalized spacial score (nSPS) is 15.3. The average Bonchev–Trinajstić information content (AvgIpc) is 3.86. The van der Waals surface area contributed by atoms with E-state index in [-0.39, 0.29) is 11.8 Å². The number of rotatable bonds is 11. The van der Waals surface area contributed by atoms with E-state index < -0.39 is 0 Å². The fourth-order valence-electron chi connectivity index (χ4n) is 5.57. The molecule has 0 atom stereocenters. The van der Waals surface area contributed by atoms with E-state index in [0.29, 0.717) is 66.8 Å². The van der Waals surface area contributed by atoms with Gasteiger partial charge in [-0.2, -0.15) is 5.10 Å². The van der Waals surface area contributed by atoms with Crippen LogP contribution in [0, 0.1) is 0 Å². The predicted octanol–water partition coefficient (Wildman–Crippen LogP) is 3.66. The molecule has 4 heterocycles. The highest BCUT2D eigenvalue weighted by Crippen LogP contribution is 2.39. The minimum absolute atomic E-state index is 0.0974. The van der Waals surface area contributed by atoms with Crippen molar-refractivity contribution < 1.29 is 9.59 Å². The SMILES string of the molecule is CCN(CC)NC(=O)c1cc(Nc2nc3c(cc(C(=O)N(C4CC4)C4CC4)n3CC)c3c2ncn3C)nn1CC. The van der Waals surface area contributed by atoms with E-state index in [9.17, 15) is 9.59 Å². The number of hydrogen-bond donors (Lipinski definition) is 2. The minimum Gasteiger partial charge on any atom is -0.333 e. The van der Waals surface area contributed by atoms with Crippen LogP contribution in [-0.4, -0.2) is 75.8 Å². The predicted molar refractivity (Wildman–Crippen MR) is 153 cm³/mol. The molecule has 2 fully saturated rings. The largest absolute Gasteiger partial charge is 0.333 e. The molecular formula is C28H38N10O2. The summed E-state index contributed by atoms with van der Waals surface area (Å²) in [5, 5.41) is 10.7. The molecule has 40 heavy (non-hydrogen) atoms. The molecular weight excluding hydrogens is 508 g/mol. The minimum atomic E-state index is -0.212. The molecule has 0 saturated heterocycles. The Labute approximate surface area is 233 Å². The highest BCUT2D eigenvalue weighted by molar-refractivity contribution is 6.10. The Morgan fingerprint density at radius 2 is 1.70 bits per heavy atom. The first-order valence-corrected chi connectivity index (χ1v) is 14.5. The lowest BCUT2D eigenvalue weighted by atomic mass is 10.2. The Kier molecular flexibility index (Phi) is 6.73. The maximum Gasteiger partial charge on any atom is 0.283 e. The Morgan fingerprint density at radius 3 is 2.30 bits per heavy atom. The maximum atomic E-state index is 13.8. The van der Waals surface area contributed by atoms with Gasteiger partial charge >= 0.3 is 0 Å².